The van der Waals surface area contributed by atoms with Gasteiger partial charge >= 0.3 is 18.1 Å². The average molecular weight is 607 g/mol. The molecule has 0 heterocycles. The SMILES string of the molecule is CC.CN(C)C(=O)NCC(C)(C)C.C[C@@H]1CC(C)(C)CC(C)(CNC(=O)N(C)C)C1.Cc1ccccc1NC(=O)N(C)C. The molecule has 0 aliphatic heterocycles. The minimum atomic E-state index is -0.102. The zero-order valence-electron chi connectivity index (χ0n) is 30.5. The molecule has 1 aliphatic carbocycles. The first kappa shape index (κ1) is 42.2. The van der Waals surface area contributed by atoms with Crippen LogP contribution in [-0.2, 0) is 0 Å². The Hall–Kier alpha value is -2.97. The van der Waals surface area contributed by atoms with E-state index in [0.717, 1.165) is 23.7 Å². The van der Waals surface area contributed by atoms with Crippen molar-refractivity contribution in [3.63, 3.8) is 0 Å². The number of rotatable bonds is 4. The van der Waals surface area contributed by atoms with Crippen LogP contribution in [0.5, 0.6) is 0 Å². The second-order valence-corrected chi connectivity index (χ2v) is 14.5. The second kappa shape index (κ2) is 19.3. The summed E-state index contributed by atoms with van der Waals surface area (Å²) in [5.74, 6) is 0.750. The summed E-state index contributed by atoms with van der Waals surface area (Å²) >= 11 is 0. The van der Waals surface area contributed by atoms with Crippen molar-refractivity contribution in [1.82, 2.24) is 25.3 Å². The molecule has 3 N–H and O–H groups in total. The van der Waals surface area contributed by atoms with Crippen LogP contribution in [-0.4, -0.2) is 88.2 Å². The molecule has 1 aliphatic rings. The van der Waals surface area contributed by atoms with E-state index in [0.29, 0.717) is 12.0 Å². The maximum absolute atomic E-state index is 11.6. The van der Waals surface area contributed by atoms with E-state index in [4.69, 9.17) is 0 Å². The van der Waals surface area contributed by atoms with Gasteiger partial charge < -0.3 is 30.7 Å². The van der Waals surface area contributed by atoms with Crippen molar-refractivity contribution in [2.24, 2.45) is 22.2 Å². The minimum absolute atomic E-state index is 0.0160. The molecule has 43 heavy (non-hydrogen) atoms. The monoisotopic (exact) mass is 607 g/mol. The van der Waals surface area contributed by atoms with Gasteiger partial charge in [-0.05, 0) is 60.0 Å². The number of benzene rings is 1. The average Bonchev–Trinajstić information content (AvgIpc) is 2.87. The predicted octanol–water partition coefficient (Wildman–Crippen LogP) is 7.53. The molecule has 1 unspecified atom stereocenters. The third-order valence-electron chi connectivity index (χ3n) is 6.69. The largest absolute Gasteiger partial charge is 0.337 e. The standard InChI is InChI=1S/C14H28N2O.C10H14N2O.C8H18N2O.C2H6/c1-11-7-13(2,3)9-14(4,8-11)10-15-12(17)16(5)6;1-8-6-4-5-7-9(8)11-10(13)12(2)3;1-8(2,3)6-9-7(11)10(4)5;1-2/h11H,7-10H2,1-6H3,(H,15,17);4-7H,1-3H3,(H,11,13);6H2,1-5H3,(H,9,11);1-2H3/t11-,14?;;;/m1.../s1. The molecule has 0 aromatic heterocycles. The number of carbonyl (C=O) groups excluding carboxylic acids is 3. The molecule has 1 aromatic carbocycles. The lowest BCUT2D eigenvalue weighted by atomic mass is 9.61. The Morgan fingerprint density at radius 2 is 1.28 bits per heavy atom. The third-order valence-corrected chi connectivity index (χ3v) is 6.69. The quantitative estimate of drug-likeness (QED) is 0.331. The van der Waals surface area contributed by atoms with Crippen molar-refractivity contribution in [2.45, 2.75) is 88.5 Å². The Balaban J connectivity index is 0. The van der Waals surface area contributed by atoms with Crippen LogP contribution in [0.3, 0.4) is 0 Å². The highest BCUT2D eigenvalue weighted by atomic mass is 16.2. The van der Waals surface area contributed by atoms with Crippen LogP contribution in [0.25, 0.3) is 0 Å². The Morgan fingerprint density at radius 3 is 1.70 bits per heavy atom. The summed E-state index contributed by atoms with van der Waals surface area (Å²) in [6.45, 7) is 23.0. The third kappa shape index (κ3) is 19.8. The van der Waals surface area contributed by atoms with E-state index in [1.54, 1.807) is 47.2 Å². The summed E-state index contributed by atoms with van der Waals surface area (Å²) in [6.07, 6.45) is 3.70. The zero-order chi connectivity index (χ0) is 34.2. The van der Waals surface area contributed by atoms with Gasteiger partial charge in [0.2, 0.25) is 0 Å². The Kier molecular flexibility index (Phi) is 19.0. The number of anilines is 1. The van der Waals surface area contributed by atoms with E-state index in [1.807, 2.05) is 45.0 Å². The summed E-state index contributed by atoms with van der Waals surface area (Å²) in [4.78, 5) is 38.5. The van der Waals surface area contributed by atoms with Crippen molar-refractivity contribution >= 4 is 23.8 Å². The smallest absolute Gasteiger partial charge is 0.321 e. The first-order valence-corrected chi connectivity index (χ1v) is 15.5. The van der Waals surface area contributed by atoms with E-state index >= 15 is 0 Å². The molecule has 1 aromatic rings. The van der Waals surface area contributed by atoms with Gasteiger partial charge in [0.05, 0.1) is 0 Å². The number of urea groups is 3. The topological polar surface area (TPSA) is 97.0 Å². The fraction of sp³-hybridized carbons (Fsp3) is 0.735. The van der Waals surface area contributed by atoms with E-state index in [2.05, 4.69) is 64.4 Å². The summed E-state index contributed by atoms with van der Waals surface area (Å²) < 4.78 is 0. The highest BCUT2D eigenvalue weighted by Crippen LogP contribution is 2.48. The molecule has 6 amide bonds. The molecular formula is C34H66N6O3. The number of para-hydroxylation sites is 1. The van der Waals surface area contributed by atoms with Gasteiger partial charge in [-0.3, -0.25) is 0 Å². The molecule has 9 heteroatoms. The number of hydrogen-bond acceptors (Lipinski definition) is 3. The van der Waals surface area contributed by atoms with E-state index in [9.17, 15) is 14.4 Å². The lowest BCUT2D eigenvalue weighted by molar-refractivity contribution is 0.0616. The van der Waals surface area contributed by atoms with Crippen LogP contribution in [0.2, 0.25) is 0 Å². The van der Waals surface area contributed by atoms with Crippen LogP contribution < -0.4 is 16.0 Å². The molecule has 250 valence electrons. The first-order valence-electron chi connectivity index (χ1n) is 15.5. The molecule has 2 atom stereocenters. The van der Waals surface area contributed by atoms with Crippen LogP contribution in [0.15, 0.2) is 24.3 Å². The Labute approximate surface area is 264 Å². The minimum Gasteiger partial charge on any atom is -0.337 e. The lowest BCUT2D eigenvalue weighted by Gasteiger charge is -2.46. The number of hydrogen-bond donors (Lipinski definition) is 3. The first-order chi connectivity index (χ1) is 19.6. The lowest BCUT2D eigenvalue weighted by Crippen LogP contribution is -2.45. The Bertz CT molecular complexity index is 969. The van der Waals surface area contributed by atoms with Crippen LogP contribution in [0, 0.1) is 29.1 Å². The molecule has 0 radical (unpaired) electrons. The summed E-state index contributed by atoms with van der Waals surface area (Å²) in [6, 6.07) is 7.58. The van der Waals surface area contributed by atoms with Crippen molar-refractivity contribution in [3.8, 4) is 0 Å². The van der Waals surface area contributed by atoms with Crippen molar-refractivity contribution in [3.05, 3.63) is 29.8 Å². The van der Waals surface area contributed by atoms with Gasteiger partial charge in [0.15, 0.2) is 0 Å². The summed E-state index contributed by atoms with van der Waals surface area (Å²) in [5, 5.41) is 8.64. The van der Waals surface area contributed by atoms with Crippen LogP contribution >= 0.6 is 0 Å². The maximum Gasteiger partial charge on any atom is 0.321 e. The number of nitrogens with zero attached hydrogens (tertiary/aromatic N) is 3. The maximum atomic E-state index is 11.6. The fourth-order valence-corrected chi connectivity index (χ4v) is 5.18. The molecule has 1 fully saturated rings. The van der Waals surface area contributed by atoms with Gasteiger partial charge in [-0.2, -0.15) is 0 Å². The van der Waals surface area contributed by atoms with Crippen LogP contribution in [0.4, 0.5) is 20.1 Å². The molecule has 1 saturated carbocycles. The molecule has 9 nitrogen and oxygen atoms in total. The fourth-order valence-electron chi connectivity index (χ4n) is 5.18. The Morgan fingerprint density at radius 1 is 0.814 bits per heavy atom. The molecule has 0 spiro atoms. The van der Waals surface area contributed by atoms with E-state index in [-0.39, 0.29) is 28.9 Å². The molecule has 0 saturated heterocycles. The highest BCUT2D eigenvalue weighted by molar-refractivity contribution is 5.89. The van der Waals surface area contributed by atoms with E-state index < -0.39 is 0 Å². The highest BCUT2D eigenvalue weighted by Gasteiger charge is 2.39. The number of carbonyl (C=O) groups is 3. The predicted molar refractivity (Wildman–Crippen MR) is 184 cm³/mol. The summed E-state index contributed by atoms with van der Waals surface area (Å²) in [5.41, 5.74) is 2.73. The molecule has 2 rings (SSSR count). The molecule has 0 bridgehead atoms. The van der Waals surface area contributed by atoms with Gasteiger partial charge in [-0.25, -0.2) is 14.4 Å². The van der Waals surface area contributed by atoms with Crippen molar-refractivity contribution < 1.29 is 14.4 Å². The van der Waals surface area contributed by atoms with Gasteiger partial charge in [-0.15, -0.1) is 0 Å². The van der Waals surface area contributed by atoms with E-state index in [1.165, 1.54) is 29.1 Å². The van der Waals surface area contributed by atoms with Gasteiger partial charge in [-0.1, -0.05) is 80.5 Å². The zero-order valence-corrected chi connectivity index (χ0v) is 30.5. The van der Waals surface area contributed by atoms with Gasteiger partial charge in [0.1, 0.15) is 0 Å². The number of nitrogens with one attached hydrogen (secondary N) is 3. The van der Waals surface area contributed by atoms with Crippen molar-refractivity contribution in [1.29, 1.82) is 0 Å². The van der Waals surface area contributed by atoms with Crippen molar-refractivity contribution in [2.75, 3.05) is 60.7 Å². The number of aryl methyl sites for hydroxylation is 1. The molecular weight excluding hydrogens is 540 g/mol. The second-order valence-electron chi connectivity index (χ2n) is 14.5. The van der Waals surface area contributed by atoms with Gasteiger partial charge in [0.25, 0.3) is 0 Å². The van der Waals surface area contributed by atoms with Gasteiger partial charge in [0, 0.05) is 61.1 Å². The summed E-state index contributed by atoms with van der Waals surface area (Å²) in [7, 11) is 10.5. The van der Waals surface area contributed by atoms with Crippen LogP contribution in [0.1, 0.15) is 87.1 Å². The normalized spacial score (nSPS) is 18.5. The number of amides is 6.